The van der Waals surface area contributed by atoms with Crippen LogP contribution in [0.4, 0.5) is 0 Å². The molecule has 0 radical (unpaired) electrons. The monoisotopic (exact) mass is 342 g/mol. The van der Waals surface area contributed by atoms with Gasteiger partial charge in [0.15, 0.2) is 5.78 Å². The lowest BCUT2D eigenvalue weighted by Gasteiger charge is -2.36. The summed E-state index contributed by atoms with van der Waals surface area (Å²) in [4.78, 5) is 17.5. The molecule has 1 fully saturated rings. The van der Waals surface area contributed by atoms with Gasteiger partial charge < -0.3 is 5.32 Å². The van der Waals surface area contributed by atoms with Gasteiger partial charge in [0.25, 0.3) is 0 Å². The number of Topliss-reactive ketones (excluding diaryl/α,β-unsaturated/α-hetero) is 1. The molecule has 3 rings (SSSR count). The van der Waals surface area contributed by atoms with Crippen LogP contribution in [0.3, 0.4) is 0 Å². The Morgan fingerprint density at radius 1 is 1.38 bits per heavy atom. The quantitative estimate of drug-likeness (QED) is 0.797. The van der Waals surface area contributed by atoms with Gasteiger partial charge in [-0.15, -0.1) is 0 Å². The van der Waals surface area contributed by atoms with Crippen LogP contribution in [0.5, 0.6) is 0 Å². The Balaban J connectivity index is 1.98. The number of nitrogens with one attached hydrogen (secondary N) is 1. The number of ketones is 1. The van der Waals surface area contributed by atoms with Crippen LogP contribution in [-0.2, 0) is 0 Å². The van der Waals surface area contributed by atoms with Crippen LogP contribution in [0.2, 0.25) is 5.02 Å². The molecule has 24 heavy (non-hydrogen) atoms. The minimum Gasteiger partial charge on any atom is -0.316 e. The van der Waals surface area contributed by atoms with Gasteiger partial charge in [-0.25, -0.2) is 0 Å². The number of piperidine rings is 1. The molecule has 3 nitrogen and oxygen atoms in total. The number of nitrogens with zero attached hydrogens (tertiary/aromatic N) is 1. The molecule has 0 bridgehead atoms. The number of benzene rings is 1. The highest BCUT2D eigenvalue weighted by molar-refractivity contribution is 6.33. The molecule has 126 valence electrons. The molecule has 2 aromatic rings. The first-order chi connectivity index (χ1) is 11.7. The van der Waals surface area contributed by atoms with E-state index in [4.69, 9.17) is 11.6 Å². The summed E-state index contributed by atoms with van der Waals surface area (Å²) in [6.07, 6.45) is 7.45. The summed E-state index contributed by atoms with van der Waals surface area (Å²) in [6.45, 7) is 3.91. The molecule has 1 unspecified atom stereocenters. The Morgan fingerprint density at radius 2 is 2.25 bits per heavy atom. The van der Waals surface area contributed by atoms with Gasteiger partial charge in [-0.3, -0.25) is 9.78 Å². The molecular formula is C20H23ClN2O. The lowest BCUT2D eigenvalue weighted by Crippen LogP contribution is -2.45. The van der Waals surface area contributed by atoms with Gasteiger partial charge in [0, 0.05) is 46.1 Å². The molecule has 1 aliphatic rings. The normalized spacial score (nSPS) is 20.8. The Bertz CT molecular complexity index is 703. The summed E-state index contributed by atoms with van der Waals surface area (Å²) < 4.78 is 0. The van der Waals surface area contributed by atoms with Crippen LogP contribution in [0.1, 0.15) is 43.0 Å². The van der Waals surface area contributed by atoms with Gasteiger partial charge in [0.1, 0.15) is 0 Å². The van der Waals surface area contributed by atoms with E-state index in [0.717, 1.165) is 55.5 Å². The molecule has 0 spiro atoms. The van der Waals surface area contributed by atoms with Crippen molar-refractivity contribution in [2.75, 3.05) is 13.1 Å². The highest BCUT2D eigenvalue weighted by Gasteiger charge is 2.39. The van der Waals surface area contributed by atoms with Gasteiger partial charge in [-0.1, -0.05) is 31.0 Å². The fourth-order valence-corrected chi connectivity index (χ4v) is 3.91. The summed E-state index contributed by atoms with van der Waals surface area (Å²) in [7, 11) is 0. The number of hydrogen-bond acceptors (Lipinski definition) is 3. The largest absolute Gasteiger partial charge is 0.316 e. The maximum atomic E-state index is 13.3. The van der Waals surface area contributed by atoms with Gasteiger partial charge in [-0.05, 0) is 50.1 Å². The minimum atomic E-state index is -0.285. The van der Waals surface area contributed by atoms with Crippen molar-refractivity contribution in [3.8, 4) is 11.1 Å². The first-order valence-corrected chi connectivity index (χ1v) is 8.99. The van der Waals surface area contributed by atoms with Gasteiger partial charge in [-0.2, -0.15) is 0 Å². The lowest BCUT2D eigenvalue weighted by molar-refractivity contribution is 0.0718. The van der Waals surface area contributed by atoms with E-state index in [1.807, 2.05) is 30.3 Å². The number of rotatable bonds is 5. The van der Waals surface area contributed by atoms with Crippen molar-refractivity contribution in [3.63, 3.8) is 0 Å². The molecule has 1 aromatic heterocycles. The average Bonchev–Trinajstić information content (AvgIpc) is 2.63. The van der Waals surface area contributed by atoms with E-state index in [9.17, 15) is 4.79 Å². The summed E-state index contributed by atoms with van der Waals surface area (Å²) in [6, 6.07) is 9.45. The molecule has 0 aliphatic carbocycles. The Labute approximate surface area is 148 Å². The SMILES string of the molecule is CCCC1(C(=O)c2ccc(Cl)c(-c3cccnc3)c2)CCCNC1. The third-order valence-corrected chi connectivity index (χ3v) is 5.21. The molecule has 1 aromatic carbocycles. The molecular weight excluding hydrogens is 320 g/mol. The second kappa shape index (κ2) is 7.45. The summed E-state index contributed by atoms with van der Waals surface area (Å²) in [5.41, 5.74) is 2.26. The molecule has 1 N–H and O–H groups in total. The fraction of sp³-hybridized carbons (Fsp3) is 0.400. The first kappa shape index (κ1) is 17.1. The number of carbonyl (C=O) groups is 1. The van der Waals surface area contributed by atoms with E-state index in [-0.39, 0.29) is 11.2 Å². The first-order valence-electron chi connectivity index (χ1n) is 8.62. The zero-order chi connectivity index (χ0) is 17.0. The second-order valence-electron chi connectivity index (χ2n) is 6.58. The van der Waals surface area contributed by atoms with Crippen LogP contribution >= 0.6 is 11.6 Å². The molecule has 2 heterocycles. The number of halogens is 1. The van der Waals surface area contributed by atoms with Crippen molar-refractivity contribution in [2.24, 2.45) is 5.41 Å². The highest BCUT2D eigenvalue weighted by atomic mass is 35.5. The summed E-state index contributed by atoms with van der Waals surface area (Å²) in [5, 5.41) is 4.06. The average molecular weight is 343 g/mol. The van der Waals surface area contributed by atoms with E-state index >= 15 is 0 Å². The molecule has 1 saturated heterocycles. The van der Waals surface area contributed by atoms with Crippen molar-refractivity contribution in [1.82, 2.24) is 10.3 Å². The standard InChI is InChI=1S/C20H23ClN2O/c1-2-8-20(9-4-11-23-14-20)19(24)15-6-7-18(21)17(12-15)16-5-3-10-22-13-16/h3,5-7,10,12-13,23H,2,4,8-9,11,14H2,1H3. The lowest BCUT2D eigenvalue weighted by atomic mass is 9.71. The summed E-state index contributed by atoms with van der Waals surface area (Å²) >= 11 is 6.37. The van der Waals surface area contributed by atoms with Gasteiger partial charge in [0.2, 0.25) is 0 Å². The molecule has 0 saturated carbocycles. The van der Waals surface area contributed by atoms with Crippen LogP contribution in [0, 0.1) is 5.41 Å². The van der Waals surface area contributed by atoms with E-state index in [1.54, 1.807) is 12.4 Å². The number of carbonyl (C=O) groups excluding carboxylic acids is 1. The predicted molar refractivity (Wildman–Crippen MR) is 98.5 cm³/mol. The van der Waals surface area contributed by atoms with Gasteiger partial charge >= 0.3 is 0 Å². The van der Waals surface area contributed by atoms with Crippen LogP contribution in [0.25, 0.3) is 11.1 Å². The van der Waals surface area contributed by atoms with Crippen LogP contribution in [-0.4, -0.2) is 23.9 Å². The maximum absolute atomic E-state index is 13.3. The van der Waals surface area contributed by atoms with Crippen LogP contribution < -0.4 is 5.32 Å². The number of hydrogen-bond donors (Lipinski definition) is 1. The van der Waals surface area contributed by atoms with Crippen LogP contribution in [0.15, 0.2) is 42.7 Å². The van der Waals surface area contributed by atoms with Crippen molar-refractivity contribution in [1.29, 1.82) is 0 Å². The third-order valence-electron chi connectivity index (χ3n) is 4.88. The zero-order valence-electron chi connectivity index (χ0n) is 14.0. The maximum Gasteiger partial charge on any atom is 0.170 e. The van der Waals surface area contributed by atoms with Crippen molar-refractivity contribution in [2.45, 2.75) is 32.6 Å². The van der Waals surface area contributed by atoms with Crippen molar-refractivity contribution < 1.29 is 4.79 Å². The molecule has 4 heteroatoms. The number of aromatic nitrogens is 1. The fourth-order valence-electron chi connectivity index (χ4n) is 3.68. The smallest absolute Gasteiger partial charge is 0.170 e. The predicted octanol–water partition coefficient (Wildman–Crippen LogP) is 4.75. The topological polar surface area (TPSA) is 42.0 Å². The van der Waals surface area contributed by atoms with E-state index in [1.165, 1.54) is 0 Å². The number of pyridine rings is 1. The molecule has 0 amide bonds. The van der Waals surface area contributed by atoms with Gasteiger partial charge in [0.05, 0.1) is 0 Å². The Hall–Kier alpha value is -1.71. The Kier molecular flexibility index (Phi) is 5.32. The second-order valence-corrected chi connectivity index (χ2v) is 6.98. The molecule has 1 atom stereocenters. The Morgan fingerprint density at radius 3 is 2.92 bits per heavy atom. The zero-order valence-corrected chi connectivity index (χ0v) is 14.8. The van der Waals surface area contributed by atoms with E-state index in [2.05, 4.69) is 17.2 Å². The molecule has 1 aliphatic heterocycles. The third kappa shape index (κ3) is 3.38. The van der Waals surface area contributed by atoms with Crippen molar-refractivity contribution in [3.05, 3.63) is 53.3 Å². The van der Waals surface area contributed by atoms with E-state index < -0.39 is 0 Å². The van der Waals surface area contributed by atoms with E-state index in [0.29, 0.717) is 5.02 Å². The summed E-state index contributed by atoms with van der Waals surface area (Å²) in [5.74, 6) is 0.235. The minimum absolute atomic E-state index is 0.235. The highest BCUT2D eigenvalue weighted by Crippen LogP contribution is 2.37. The van der Waals surface area contributed by atoms with Crippen molar-refractivity contribution >= 4 is 17.4 Å².